The third-order valence-electron chi connectivity index (χ3n) is 2.80. The number of hydrogen-bond donors (Lipinski definition) is 2. The van der Waals surface area contributed by atoms with E-state index in [2.05, 4.69) is 20.7 Å². The molecule has 2 rings (SSSR count). The van der Waals surface area contributed by atoms with Crippen molar-refractivity contribution < 1.29 is 9.59 Å². The topological polar surface area (TPSA) is 121 Å². The molecule has 0 spiro atoms. The van der Waals surface area contributed by atoms with Crippen LogP contribution in [0.4, 0.5) is 11.5 Å². The Labute approximate surface area is 121 Å². The molecular weight excluding hydrogens is 274 g/mol. The lowest BCUT2D eigenvalue weighted by Gasteiger charge is -2.03. The number of nitrogens with zero attached hydrogens (tertiary/aromatic N) is 5. The molecule has 1 amide bonds. The summed E-state index contributed by atoms with van der Waals surface area (Å²) in [6, 6.07) is 0. The van der Waals surface area contributed by atoms with Gasteiger partial charge in [0.05, 0.1) is 23.8 Å². The van der Waals surface area contributed by atoms with Gasteiger partial charge in [0.1, 0.15) is 6.54 Å². The molecule has 0 aliphatic heterocycles. The van der Waals surface area contributed by atoms with E-state index in [0.29, 0.717) is 17.2 Å². The number of aromatic nitrogens is 5. The number of carbonyl (C=O) groups excluding carboxylic acids is 2. The molecule has 112 valence electrons. The average Bonchev–Trinajstić information content (AvgIpc) is 2.97. The summed E-state index contributed by atoms with van der Waals surface area (Å²) in [4.78, 5) is 23.5. The summed E-state index contributed by atoms with van der Waals surface area (Å²) >= 11 is 0. The van der Waals surface area contributed by atoms with Crippen molar-refractivity contribution in [3.05, 3.63) is 18.1 Å². The number of nitrogens with one attached hydrogen (secondary N) is 1. The van der Waals surface area contributed by atoms with Crippen molar-refractivity contribution in [2.75, 3.05) is 11.1 Å². The monoisotopic (exact) mass is 291 g/mol. The zero-order valence-corrected chi connectivity index (χ0v) is 12.1. The second-order valence-corrected chi connectivity index (χ2v) is 4.95. The molecule has 0 bridgehead atoms. The predicted octanol–water partition coefficient (Wildman–Crippen LogP) is 0.300. The lowest BCUT2D eigenvalue weighted by Crippen LogP contribution is -2.19. The number of carbonyl (C=O) groups is 2. The minimum absolute atomic E-state index is 0.0505. The van der Waals surface area contributed by atoms with Gasteiger partial charge >= 0.3 is 0 Å². The first-order valence-electron chi connectivity index (χ1n) is 6.42. The van der Waals surface area contributed by atoms with Crippen LogP contribution in [0.1, 0.15) is 24.3 Å². The predicted molar refractivity (Wildman–Crippen MR) is 75.5 cm³/mol. The first kappa shape index (κ1) is 14.7. The van der Waals surface area contributed by atoms with Crippen LogP contribution in [0.15, 0.2) is 12.4 Å². The van der Waals surface area contributed by atoms with Crippen LogP contribution in [-0.2, 0) is 11.3 Å². The first-order chi connectivity index (χ1) is 9.86. The van der Waals surface area contributed by atoms with Gasteiger partial charge in [0.15, 0.2) is 5.82 Å². The molecule has 9 nitrogen and oxygen atoms in total. The highest BCUT2D eigenvalue weighted by Gasteiger charge is 2.13. The number of nitrogens with two attached hydrogens (primary N) is 1. The van der Waals surface area contributed by atoms with Crippen molar-refractivity contribution in [3.8, 4) is 0 Å². The Morgan fingerprint density at radius 2 is 2.10 bits per heavy atom. The third-order valence-corrected chi connectivity index (χ3v) is 2.80. The number of anilines is 2. The van der Waals surface area contributed by atoms with Crippen LogP contribution in [0.2, 0.25) is 0 Å². The van der Waals surface area contributed by atoms with Gasteiger partial charge in [-0.05, 0) is 6.92 Å². The highest BCUT2D eigenvalue weighted by molar-refractivity contribution is 5.91. The molecule has 2 aromatic heterocycles. The lowest BCUT2D eigenvalue weighted by atomic mass is 10.2. The maximum Gasteiger partial charge on any atom is 0.268 e. The van der Waals surface area contributed by atoms with Gasteiger partial charge in [0, 0.05) is 5.92 Å². The molecule has 0 aliphatic rings. The summed E-state index contributed by atoms with van der Waals surface area (Å²) in [6.45, 7) is 5.21. The second kappa shape index (κ2) is 5.73. The van der Waals surface area contributed by atoms with Crippen LogP contribution in [0, 0.1) is 12.8 Å². The number of nitrogen functional groups attached to an aromatic ring is 1. The van der Waals surface area contributed by atoms with E-state index in [1.54, 1.807) is 20.8 Å². The van der Waals surface area contributed by atoms with Crippen molar-refractivity contribution in [2.45, 2.75) is 27.3 Å². The molecule has 2 heterocycles. The van der Waals surface area contributed by atoms with Gasteiger partial charge in [-0.25, -0.2) is 9.36 Å². The first-order valence-corrected chi connectivity index (χ1v) is 6.42. The lowest BCUT2D eigenvalue weighted by molar-refractivity contribution is -0.118. The molecule has 2 aromatic rings. The second-order valence-electron chi connectivity index (χ2n) is 4.95. The summed E-state index contributed by atoms with van der Waals surface area (Å²) < 4.78 is 2.49. The maximum absolute atomic E-state index is 12.0. The van der Waals surface area contributed by atoms with Gasteiger partial charge in [0.2, 0.25) is 5.91 Å². The van der Waals surface area contributed by atoms with Crippen LogP contribution >= 0.6 is 0 Å². The summed E-state index contributed by atoms with van der Waals surface area (Å²) in [5, 5.41) is 14.2. The molecule has 3 N–H and O–H groups in total. The third kappa shape index (κ3) is 3.44. The van der Waals surface area contributed by atoms with E-state index in [0.717, 1.165) is 0 Å². The van der Waals surface area contributed by atoms with Gasteiger partial charge < -0.3 is 11.1 Å². The van der Waals surface area contributed by atoms with Crippen LogP contribution < -0.4 is 11.1 Å². The summed E-state index contributed by atoms with van der Waals surface area (Å²) in [5.41, 5.74) is 6.68. The van der Waals surface area contributed by atoms with E-state index in [4.69, 9.17) is 5.73 Å². The van der Waals surface area contributed by atoms with Crippen molar-refractivity contribution in [2.24, 2.45) is 5.92 Å². The van der Waals surface area contributed by atoms with Crippen LogP contribution in [0.25, 0.3) is 0 Å². The summed E-state index contributed by atoms with van der Waals surface area (Å²) in [7, 11) is 0. The molecular formula is C12H17N7O2. The quantitative estimate of drug-likeness (QED) is 0.835. The highest BCUT2D eigenvalue weighted by atomic mass is 16.2. The Morgan fingerprint density at radius 3 is 2.67 bits per heavy atom. The maximum atomic E-state index is 12.0. The molecule has 0 atom stereocenters. The van der Waals surface area contributed by atoms with E-state index < -0.39 is 0 Å². The van der Waals surface area contributed by atoms with Crippen molar-refractivity contribution in [1.29, 1.82) is 0 Å². The SMILES string of the molecule is Cc1nn(C(=O)Cn2cc(NC(=O)C(C)C)nn2)cc1N. The van der Waals surface area contributed by atoms with E-state index in [1.807, 2.05) is 0 Å². The molecule has 0 saturated carbocycles. The molecule has 0 saturated heterocycles. The molecule has 0 aliphatic carbocycles. The van der Waals surface area contributed by atoms with Crippen molar-refractivity contribution in [3.63, 3.8) is 0 Å². The van der Waals surface area contributed by atoms with Gasteiger partial charge in [-0.3, -0.25) is 9.59 Å². The summed E-state index contributed by atoms with van der Waals surface area (Å²) in [5.74, 6) is -0.324. The highest BCUT2D eigenvalue weighted by Crippen LogP contribution is 2.07. The number of amides is 1. The largest absolute Gasteiger partial charge is 0.396 e. The Hall–Kier alpha value is -2.71. The van der Waals surface area contributed by atoms with Gasteiger partial charge in [-0.1, -0.05) is 19.1 Å². The molecule has 0 radical (unpaired) electrons. The Bertz CT molecular complexity index is 651. The number of rotatable bonds is 4. The minimum Gasteiger partial charge on any atom is -0.396 e. The molecule has 0 unspecified atom stereocenters. The van der Waals surface area contributed by atoms with Gasteiger partial charge in [-0.15, -0.1) is 5.10 Å². The van der Waals surface area contributed by atoms with Crippen molar-refractivity contribution in [1.82, 2.24) is 24.8 Å². The fourth-order valence-corrected chi connectivity index (χ4v) is 1.52. The normalized spacial score (nSPS) is 10.9. The fourth-order valence-electron chi connectivity index (χ4n) is 1.52. The Morgan fingerprint density at radius 1 is 1.38 bits per heavy atom. The van der Waals surface area contributed by atoms with E-state index in [9.17, 15) is 9.59 Å². The fraction of sp³-hybridized carbons (Fsp3) is 0.417. The summed E-state index contributed by atoms with van der Waals surface area (Å²) in [6.07, 6.45) is 2.94. The van der Waals surface area contributed by atoms with Crippen LogP contribution in [0.5, 0.6) is 0 Å². The number of aryl methyl sites for hydroxylation is 1. The zero-order chi connectivity index (χ0) is 15.6. The average molecular weight is 291 g/mol. The molecule has 0 aromatic carbocycles. The van der Waals surface area contributed by atoms with E-state index >= 15 is 0 Å². The zero-order valence-electron chi connectivity index (χ0n) is 12.1. The van der Waals surface area contributed by atoms with Crippen LogP contribution in [0.3, 0.4) is 0 Å². The van der Waals surface area contributed by atoms with Crippen LogP contribution in [-0.4, -0.2) is 36.6 Å². The standard InChI is InChI=1S/C12H17N7O2/c1-7(2)12(21)14-10-5-18(17-15-10)6-11(20)19-4-9(13)8(3)16-19/h4-5,7H,6,13H2,1-3H3,(H,14,21). The van der Waals surface area contributed by atoms with E-state index in [1.165, 1.54) is 21.8 Å². The van der Waals surface area contributed by atoms with Gasteiger partial charge in [-0.2, -0.15) is 5.10 Å². The smallest absolute Gasteiger partial charge is 0.268 e. The molecule has 0 fully saturated rings. The molecule has 9 heteroatoms. The van der Waals surface area contributed by atoms with Crippen molar-refractivity contribution >= 4 is 23.3 Å². The van der Waals surface area contributed by atoms with Gasteiger partial charge in [0.25, 0.3) is 5.91 Å². The Balaban J connectivity index is 2.02. The minimum atomic E-state index is -0.304. The Kier molecular flexibility index (Phi) is 4.01. The molecule has 21 heavy (non-hydrogen) atoms. The number of hydrogen-bond acceptors (Lipinski definition) is 6. The van der Waals surface area contributed by atoms with E-state index in [-0.39, 0.29) is 24.3 Å².